The first-order valence-corrected chi connectivity index (χ1v) is 13.1. The zero-order valence-electron chi connectivity index (χ0n) is 21.5. The van der Waals surface area contributed by atoms with Gasteiger partial charge >= 0.3 is 0 Å². The van der Waals surface area contributed by atoms with Crippen LogP contribution >= 0.6 is 0 Å². The summed E-state index contributed by atoms with van der Waals surface area (Å²) in [4.78, 5) is 26.9. The van der Waals surface area contributed by atoms with Crippen molar-refractivity contribution in [2.45, 2.75) is 52.9 Å². The van der Waals surface area contributed by atoms with Gasteiger partial charge < -0.3 is 14.1 Å². The lowest BCUT2D eigenvalue weighted by Crippen LogP contribution is -2.39. The van der Waals surface area contributed by atoms with Crippen LogP contribution in [0.1, 0.15) is 68.1 Å². The Morgan fingerprint density at radius 2 is 1.83 bits per heavy atom. The topological polar surface area (TPSA) is 85.8 Å². The van der Waals surface area contributed by atoms with Gasteiger partial charge in [0.2, 0.25) is 0 Å². The number of nitro groups is 1. The molecule has 1 saturated heterocycles. The molecule has 0 spiro atoms. The number of ether oxygens (including phenoxy) is 1. The second-order valence-corrected chi connectivity index (χ2v) is 10.2. The molecule has 4 rings (SSSR count). The van der Waals surface area contributed by atoms with Crippen molar-refractivity contribution in [3.63, 3.8) is 0 Å². The van der Waals surface area contributed by atoms with Crippen LogP contribution in [0, 0.1) is 22.0 Å². The number of non-ortho nitro benzene ring substituents is 1. The number of nitro benzene ring substituents is 1. The number of rotatable bonds is 11. The maximum Gasteiger partial charge on any atom is 0.270 e. The van der Waals surface area contributed by atoms with Crippen molar-refractivity contribution in [1.82, 2.24) is 4.90 Å². The minimum absolute atomic E-state index is 0.0587. The molecule has 192 valence electrons. The average Bonchev–Trinajstić information content (AvgIpc) is 3.22. The lowest BCUT2D eigenvalue weighted by Gasteiger charge is -2.34. The molecule has 0 aliphatic carbocycles. The number of fused-ring (bicyclic) bond motifs is 1. The lowest BCUT2D eigenvalue weighted by atomic mass is 9.92. The van der Waals surface area contributed by atoms with Crippen LogP contribution in [0.3, 0.4) is 0 Å². The number of carbonyl (C=O) groups is 1. The van der Waals surface area contributed by atoms with Gasteiger partial charge in [-0.25, -0.2) is 0 Å². The van der Waals surface area contributed by atoms with Gasteiger partial charge in [0.05, 0.1) is 17.1 Å². The summed E-state index contributed by atoms with van der Waals surface area (Å²) in [5, 5.41) is 11.8. The molecule has 7 nitrogen and oxygen atoms in total. The van der Waals surface area contributed by atoms with Gasteiger partial charge in [0.25, 0.3) is 5.69 Å². The molecule has 0 bridgehead atoms. The van der Waals surface area contributed by atoms with E-state index >= 15 is 0 Å². The highest BCUT2D eigenvalue weighted by Gasteiger charge is 2.24. The van der Waals surface area contributed by atoms with Gasteiger partial charge in [0.1, 0.15) is 17.1 Å². The molecule has 1 aliphatic heterocycles. The van der Waals surface area contributed by atoms with Crippen molar-refractivity contribution >= 4 is 22.4 Å². The number of furan rings is 1. The van der Waals surface area contributed by atoms with E-state index < -0.39 is 4.92 Å². The second-order valence-electron chi connectivity index (χ2n) is 10.2. The molecule has 1 aromatic heterocycles. The molecular weight excluding hydrogens is 456 g/mol. The second kappa shape index (κ2) is 11.7. The molecule has 1 aliphatic rings. The fourth-order valence-corrected chi connectivity index (χ4v) is 5.31. The summed E-state index contributed by atoms with van der Waals surface area (Å²) in [7, 11) is 0. The van der Waals surface area contributed by atoms with Crippen LogP contribution in [0.4, 0.5) is 5.69 Å². The number of ketones is 1. The summed E-state index contributed by atoms with van der Waals surface area (Å²) in [6.45, 7) is 10.7. The van der Waals surface area contributed by atoms with Crippen LogP contribution in [-0.2, 0) is 6.42 Å². The normalized spacial score (nSPS) is 18.4. The van der Waals surface area contributed by atoms with Crippen LogP contribution in [0.15, 0.2) is 46.9 Å². The summed E-state index contributed by atoms with van der Waals surface area (Å²) < 4.78 is 11.9. The van der Waals surface area contributed by atoms with Crippen molar-refractivity contribution in [2.75, 3.05) is 26.2 Å². The average molecular weight is 493 g/mol. The third-order valence-corrected chi connectivity index (χ3v) is 6.89. The quantitative estimate of drug-likeness (QED) is 0.129. The van der Waals surface area contributed by atoms with E-state index in [1.165, 1.54) is 18.6 Å². The Balaban J connectivity index is 1.43. The standard InChI is InChI=1S/C29H36N2O5/c1-4-5-7-27-28(25-17-23(31(33)34)10-13-26(25)36-27)29(32)22-8-11-24(12-9-22)35-15-6-14-30-18-20(2)16-21(3)19-30/h8-13,17,20-21H,4-7,14-16,18-19H2,1-3H3. The maximum absolute atomic E-state index is 13.5. The number of piperidine rings is 1. The van der Waals surface area contributed by atoms with Gasteiger partial charge in [0.15, 0.2) is 5.78 Å². The highest BCUT2D eigenvalue weighted by molar-refractivity contribution is 6.17. The molecule has 2 atom stereocenters. The van der Waals surface area contributed by atoms with Gasteiger partial charge in [-0.3, -0.25) is 14.9 Å². The molecule has 7 heteroatoms. The Morgan fingerprint density at radius 1 is 1.11 bits per heavy atom. The van der Waals surface area contributed by atoms with Crippen molar-refractivity contribution in [3.8, 4) is 5.75 Å². The molecule has 0 saturated carbocycles. The van der Waals surface area contributed by atoms with Crippen LogP contribution < -0.4 is 4.74 Å². The van der Waals surface area contributed by atoms with Gasteiger partial charge in [-0.05, 0) is 61.4 Å². The maximum atomic E-state index is 13.5. The number of carbonyl (C=O) groups excluding carboxylic acids is 1. The van der Waals surface area contributed by atoms with Crippen molar-refractivity contribution in [1.29, 1.82) is 0 Å². The first kappa shape index (κ1) is 25.9. The third kappa shape index (κ3) is 6.13. The fourth-order valence-electron chi connectivity index (χ4n) is 5.31. The zero-order chi connectivity index (χ0) is 25.7. The van der Waals surface area contributed by atoms with Gasteiger partial charge in [-0.1, -0.05) is 27.2 Å². The van der Waals surface area contributed by atoms with E-state index in [1.807, 2.05) is 12.1 Å². The molecular formula is C29H36N2O5. The first-order chi connectivity index (χ1) is 17.4. The minimum atomic E-state index is -0.453. The van der Waals surface area contributed by atoms with Crippen LogP contribution in [0.2, 0.25) is 0 Å². The number of aryl methyl sites for hydroxylation is 1. The molecule has 0 radical (unpaired) electrons. The van der Waals surface area contributed by atoms with Gasteiger partial charge in [-0.15, -0.1) is 0 Å². The first-order valence-electron chi connectivity index (χ1n) is 13.1. The van der Waals surface area contributed by atoms with E-state index in [0.717, 1.165) is 56.5 Å². The van der Waals surface area contributed by atoms with Crippen molar-refractivity contribution in [3.05, 3.63) is 69.5 Å². The van der Waals surface area contributed by atoms with E-state index in [0.29, 0.717) is 40.9 Å². The fraction of sp³-hybridized carbons (Fsp3) is 0.483. The lowest BCUT2D eigenvalue weighted by molar-refractivity contribution is -0.384. The Labute approximate surface area is 212 Å². The van der Waals surface area contributed by atoms with E-state index in [4.69, 9.17) is 9.15 Å². The largest absolute Gasteiger partial charge is 0.494 e. The van der Waals surface area contributed by atoms with Gasteiger partial charge in [-0.2, -0.15) is 0 Å². The molecule has 2 aromatic carbocycles. The molecule has 2 heterocycles. The van der Waals surface area contributed by atoms with E-state index in [2.05, 4.69) is 25.7 Å². The summed E-state index contributed by atoms with van der Waals surface area (Å²) >= 11 is 0. The minimum Gasteiger partial charge on any atom is -0.494 e. The Morgan fingerprint density at radius 3 is 2.50 bits per heavy atom. The van der Waals surface area contributed by atoms with Crippen LogP contribution in [-0.4, -0.2) is 41.8 Å². The number of benzene rings is 2. The molecule has 3 aromatic rings. The molecule has 1 fully saturated rings. The summed E-state index contributed by atoms with van der Waals surface area (Å²) in [5.74, 6) is 2.62. The third-order valence-electron chi connectivity index (χ3n) is 6.89. The highest BCUT2D eigenvalue weighted by atomic mass is 16.6. The number of nitrogens with zero attached hydrogens (tertiary/aromatic N) is 2. The number of unbranched alkanes of at least 4 members (excludes halogenated alkanes) is 1. The Kier molecular flexibility index (Phi) is 8.41. The molecule has 36 heavy (non-hydrogen) atoms. The predicted octanol–water partition coefficient (Wildman–Crippen LogP) is 6.66. The van der Waals surface area contributed by atoms with Crippen molar-refractivity contribution < 1.29 is 18.9 Å². The van der Waals surface area contributed by atoms with Crippen LogP contribution in [0.25, 0.3) is 11.0 Å². The summed E-state index contributed by atoms with van der Waals surface area (Å²) in [6, 6.07) is 11.5. The van der Waals surface area contributed by atoms with Crippen LogP contribution in [0.5, 0.6) is 5.75 Å². The smallest absolute Gasteiger partial charge is 0.270 e. The predicted molar refractivity (Wildman–Crippen MR) is 141 cm³/mol. The molecule has 0 N–H and O–H groups in total. The SMILES string of the molecule is CCCCc1oc2ccc([N+](=O)[O-])cc2c1C(=O)c1ccc(OCCCN2CC(C)CC(C)C2)cc1. The number of likely N-dealkylation sites (tertiary alicyclic amines) is 1. The Bertz CT molecular complexity index is 1190. The summed E-state index contributed by atoms with van der Waals surface area (Å²) in [5.41, 5.74) is 1.36. The number of hydrogen-bond acceptors (Lipinski definition) is 6. The highest BCUT2D eigenvalue weighted by Crippen LogP contribution is 2.32. The molecule has 0 amide bonds. The number of hydrogen-bond donors (Lipinski definition) is 0. The van der Waals surface area contributed by atoms with Gasteiger partial charge in [0, 0.05) is 49.1 Å². The van der Waals surface area contributed by atoms with E-state index in [-0.39, 0.29) is 11.5 Å². The monoisotopic (exact) mass is 492 g/mol. The zero-order valence-corrected chi connectivity index (χ0v) is 21.5. The van der Waals surface area contributed by atoms with Crippen molar-refractivity contribution in [2.24, 2.45) is 11.8 Å². The Hall–Kier alpha value is -3.19. The van der Waals surface area contributed by atoms with E-state index in [1.54, 1.807) is 18.2 Å². The summed E-state index contributed by atoms with van der Waals surface area (Å²) in [6.07, 6.45) is 4.69. The molecule has 2 unspecified atom stereocenters. The van der Waals surface area contributed by atoms with E-state index in [9.17, 15) is 14.9 Å².